The molecule has 1 aromatic rings. The molecule has 23 heavy (non-hydrogen) atoms. The summed E-state index contributed by atoms with van der Waals surface area (Å²) in [4.78, 5) is 16.9. The normalized spacial score (nSPS) is 23.9. The van der Waals surface area contributed by atoms with Gasteiger partial charge in [-0.15, -0.1) is 24.8 Å². The van der Waals surface area contributed by atoms with E-state index in [2.05, 4.69) is 36.1 Å². The first-order valence-corrected chi connectivity index (χ1v) is 7.99. The number of aryl methyl sites for hydroxylation is 1. The van der Waals surface area contributed by atoms with Crippen LogP contribution in [0.15, 0.2) is 24.3 Å². The van der Waals surface area contributed by atoms with E-state index >= 15 is 0 Å². The van der Waals surface area contributed by atoms with E-state index in [-0.39, 0.29) is 36.8 Å². The second-order valence-corrected chi connectivity index (χ2v) is 6.42. The first-order chi connectivity index (χ1) is 10.1. The number of carbonyl (C=O) groups excluding carboxylic acids is 1. The first kappa shape index (κ1) is 20.1. The highest BCUT2D eigenvalue weighted by Gasteiger charge is 2.32. The average molecular weight is 360 g/mol. The Morgan fingerprint density at radius 3 is 2.39 bits per heavy atom. The van der Waals surface area contributed by atoms with E-state index in [1.165, 1.54) is 11.3 Å². The van der Waals surface area contributed by atoms with E-state index in [0.717, 1.165) is 45.4 Å². The molecule has 1 heterocycles. The van der Waals surface area contributed by atoms with E-state index in [1.54, 1.807) is 0 Å². The second-order valence-electron chi connectivity index (χ2n) is 6.42. The van der Waals surface area contributed by atoms with Crippen molar-refractivity contribution in [3.8, 4) is 0 Å². The van der Waals surface area contributed by atoms with Crippen LogP contribution in [0.4, 0.5) is 5.69 Å². The molecule has 0 aromatic heterocycles. The Bertz CT molecular complexity index is 518. The van der Waals surface area contributed by atoms with Crippen molar-refractivity contribution >= 4 is 36.4 Å². The molecule has 0 spiro atoms. The fourth-order valence-corrected chi connectivity index (χ4v) is 3.51. The quantitative estimate of drug-likeness (QED) is 0.882. The van der Waals surface area contributed by atoms with Crippen LogP contribution in [-0.2, 0) is 4.79 Å². The van der Waals surface area contributed by atoms with Gasteiger partial charge in [-0.25, -0.2) is 0 Å². The van der Waals surface area contributed by atoms with E-state index in [4.69, 9.17) is 5.73 Å². The minimum Gasteiger partial charge on any atom is -0.368 e. The van der Waals surface area contributed by atoms with Crippen LogP contribution in [0.1, 0.15) is 24.8 Å². The second kappa shape index (κ2) is 8.76. The standard InChI is InChI=1S/C17H25N3O.2ClH/c1-13-3-2-4-16(11-13)19-7-9-20(10-8-19)17(21)14-5-6-15(18)12-14;;/h2-4,11,14-15H,5-10,12,18H2,1H3;2*1H. The lowest BCUT2D eigenvalue weighted by molar-refractivity contribution is -0.135. The number of carbonyl (C=O) groups is 1. The van der Waals surface area contributed by atoms with Gasteiger partial charge in [0.15, 0.2) is 0 Å². The highest BCUT2D eigenvalue weighted by molar-refractivity contribution is 5.85. The molecule has 1 aliphatic heterocycles. The Kier molecular flexibility index (Phi) is 7.65. The maximum Gasteiger partial charge on any atom is 0.225 e. The maximum absolute atomic E-state index is 12.5. The molecule has 3 rings (SSSR count). The number of rotatable bonds is 2. The predicted octanol–water partition coefficient (Wildman–Crippen LogP) is 2.61. The summed E-state index contributed by atoms with van der Waals surface area (Å²) in [7, 11) is 0. The molecule has 1 aliphatic carbocycles. The zero-order chi connectivity index (χ0) is 14.8. The smallest absolute Gasteiger partial charge is 0.225 e. The molecular formula is C17H27Cl2N3O. The lowest BCUT2D eigenvalue weighted by atomic mass is 10.1. The predicted molar refractivity (Wildman–Crippen MR) is 99.8 cm³/mol. The molecule has 2 atom stereocenters. The number of benzene rings is 1. The minimum atomic E-state index is 0. The Hall–Kier alpha value is -0.970. The number of nitrogens with two attached hydrogens (primary N) is 1. The van der Waals surface area contributed by atoms with Crippen LogP contribution in [-0.4, -0.2) is 43.0 Å². The number of piperazine rings is 1. The van der Waals surface area contributed by atoms with Gasteiger partial charge in [0.25, 0.3) is 0 Å². The topological polar surface area (TPSA) is 49.6 Å². The molecular weight excluding hydrogens is 333 g/mol. The number of amides is 1. The van der Waals surface area contributed by atoms with Gasteiger partial charge in [-0.05, 0) is 43.9 Å². The van der Waals surface area contributed by atoms with Crippen LogP contribution < -0.4 is 10.6 Å². The summed E-state index contributed by atoms with van der Waals surface area (Å²) < 4.78 is 0. The number of hydrogen-bond donors (Lipinski definition) is 1. The van der Waals surface area contributed by atoms with Crippen molar-refractivity contribution < 1.29 is 4.79 Å². The van der Waals surface area contributed by atoms with Gasteiger partial charge in [-0.1, -0.05) is 12.1 Å². The van der Waals surface area contributed by atoms with Gasteiger partial charge in [-0.3, -0.25) is 4.79 Å². The SMILES string of the molecule is Cc1cccc(N2CCN(C(=O)C3CCC(N)C3)CC2)c1.Cl.Cl. The highest BCUT2D eigenvalue weighted by Crippen LogP contribution is 2.27. The maximum atomic E-state index is 12.5. The largest absolute Gasteiger partial charge is 0.368 e. The fraction of sp³-hybridized carbons (Fsp3) is 0.588. The summed E-state index contributed by atoms with van der Waals surface area (Å²) in [5.41, 5.74) is 8.48. The summed E-state index contributed by atoms with van der Waals surface area (Å²) in [6, 6.07) is 8.82. The van der Waals surface area contributed by atoms with Crippen LogP contribution in [0.3, 0.4) is 0 Å². The van der Waals surface area contributed by atoms with Gasteiger partial charge < -0.3 is 15.5 Å². The Morgan fingerprint density at radius 1 is 1.13 bits per heavy atom. The minimum absolute atomic E-state index is 0. The third kappa shape index (κ3) is 4.75. The van der Waals surface area contributed by atoms with Crippen molar-refractivity contribution in [3.05, 3.63) is 29.8 Å². The summed E-state index contributed by atoms with van der Waals surface area (Å²) in [6.07, 6.45) is 2.84. The van der Waals surface area contributed by atoms with Crippen molar-refractivity contribution in [2.45, 2.75) is 32.2 Å². The summed E-state index contributed by atoms with van der Waals surface area (Å²) >= 11 is 0. The van der Waals surface area contributed by atoms with Gasteiger partial charge in [0, 0.05) is 43.8 Å². The van der Waals surface area contributed by atoms with E-state index in [0.29, 0.717) is 5.91 Å². The molecule has 130 valence electrons. The molecule has 1 saturated heterocycles. The van der Waals surface area contributed by atoms with Crippen LogP contribution in [0.25, 0.3) is 0 Å². The highest BCUT2D eigenvalue weighted by atomic mass is 35.5. The molecule has 1 amide bonds. The third-order valence-electron chi connectivity index (χ3n) is 4.78. The van der Waals surface area contributed by atoms with Crippen LogP contribution in [0, 0.1) is 12.8 Å². The van der Waals surface area contributed by atoms with E-state index in [1.807, 2.05) is 4.90 Å². The number of hydrogen-bond acceptors (Lipinski definition) is 3. The number of nitrogens with zero attached hydrogens (tertiary/aromatic N) is 2. The molecule has 2 N–H and O–H groups in total. The van der Waals surface area contributed by atoms with E-state index in [9.17, 15) is 4.79 Å². The van der Waals surface area contributed by atoms with Gasteiger partial charge in [0.05, 0.1) is 0 Å². The zero-order valence-corrected chi connectivity index (χ0v) is 15.2. The third-order valence-corrected chi connectivity index (χ3v) is 4.78. The molecule has 2 fully saturated rings. The lowest BCUT2D eigenvalue weighted by Crippen LogP contribution is -2.50. The molecule has 1 saturated carbocycles. The van der Waals surface area contributed by atoms with Crippen molar-refractivity contribution in [1.29, 1.82) is 0 Å². The number of anilines is 1. The molecule has 2 aliphatic rings. The molecule has 6 heteroatoms. The van der Waals surface area contributed by atoms with Gasteiger partial charge in [0.1, 0.15) is 0 Å². The summed E-state index contributed by atoms with van der Waals surface area (Å²) in [6.45, 7) is 5.63. The van der Waals surface area contributed by atoms with Crippen LogP contribution >= 0.6 is 24.8 Å². The first-order valence-electron chi connectivity index (χ1n) is 7.99. The van der Waals surface area contributed by atoms with Crippen LogP contribution in [0.2, 0.25) is 0 Å². The fourth-order valence-electron chi connectivity index (χ4n) is 3.51. The molecule has 1 aromatic carbocycles. The van der Waals surface area contributed by atoms with Gasteiger partial charge in [-0.2, -0.15) is 0 Å². The Morgan fingerprint density at radius 2 is 1.83 bits per heavy atom. The zero-order valence-electron chi connectivity index (χ0n) is 13.6. The van der Waals surface area contributed by atoms with Crippen molar-refractivity contribution in [2.24, 2.45) is 11.7 Å². The van der Waals surface area contributed by atoms with Crippen molar-refractivity contribution in [3.63, 3.8) is 0 Å². The molecule has 4 nitrogen and oxygen atoms in total. The van der Waals surface area contributed by atoms with E-state index < -0.39 is 0 Å². The van der Waals surface area contributed by atoms with Crippen molar-refractivity contribution in [2.75, 3.05) is 31.1 Å². The summed E-state index contributed by atoms with van der Waals surface area (Å²) in [5.74, 6) is 0.498. The van der Waals surface area contributed by atoms with Crippen molar-refractivity contribution in [1.82, 2.24) is 4.90 Å². The molecule has 0 radical (unpaired) electrons. The monoisotopic (exact) mass is 359 g/mol. The van der Waals surface area contributed by atoms with Gasteiger partial charge >= 0.3 is 0 Å². The van der Waals surface area contributed by atoms with Gasteiger partial charge in [0.2, 0.25) is 5.91 Å². The Labute approximate surface area is 151 Å². The Balaban J connectivity index is 0.00000132. The van der Waals surface area contributed by atoms with Crippen LogP contribution in [0.5, 0.6) is 0 Å². The summed E-state index contributed by atoms with van der Waals surface area (Å²) in [5, 5.41) is 0. The number of halogens is 2. The molecule has 0 bridgehead atoms. The average Bonchev–Trinajstić information content (AvgIpc) is 2.93. The lowest BCUT2D eigenvalue weighted by Gasteiger charge is -2.37. The molecule has 2 unspecified atom stereocenters.